The van der Waals surface area contributed by atoms with Gasteiger partial charge in [-0.2, -0.15) is 0 Å². The number of hydrogen-bond donors (Lipinski definition) is 1. The van der Waals surface area contributed by atoms with Crippen molar-refractivity contribution in [2.75, 3.05) is 13.7 Å². The number of amides is 2. The molecule has 0 saturated heterocycles. The summed E-state index contributed by atoms with van der Waals surface area (Å²) in [7, 11) is 1.44. The van der Waals surface area contributed by atoms with Gasteiger partial charge < -0.3 is 15.0 Å². The minimum atomic E-state index is -0.412. The van der Waals surface area contributed by atoms with Gasteiger partial charge in [0.1, 0.15) is 0 Å². The van der Waals surface area contributed by atoms with Crippen molar-refractivity contribution in [3.05, 3.63) is 29.6 Å². The fraction of sp³-hybridized carbons (Fsp3) is 0.611. The number of methoxy groups -OCH3 is 1. The van der Waals surface area contributed by atoms with Crippen LogP contribution in [0.5, 0.6) is 5.75 Å². The summed E-state index contributed by atoms with van der Waals surface area (Å²) in [5.41, 5.74) is 0.733. The van der Waals surface area contributed by atoms with Crippen molar-refractivity contribution in [2.24, 2.45) is 5.92 Å². The average Bonchev–Trinajstić information content (AvgIpc) is 3.31. The van der Waals surface area contributed by atoms with Gasteiger partial charge in [-0.1, -0.05) is 19.9 Å². The summed E-state index contributed by atoms with van der Waals surface area (Å²) in [5.74, 6) is 0.367. The van der Waals surface area contributed by atoms with Crippen LogP contribution < -0.4 is 10.1 Å². The van der Waals surface area contributed by atoms with Crippen LogP contribution in [-0.4, -0.2) is 30.6 Å². The zero-order valence-corrected chi connectivity index (χ0v) is 14.4. The third-order valence-electron chi connectivity index (χ3n) is 4.21. The molecule has 1 aliphatic carbocycles. The summed E-state index contributed by atoms with van der Waals surface area (Å²) in [5, 5.41) is 2.99. The lowest BCUT2D eigenvalue weighted by Gasteiger charge is -2.26. The molecule has 2 amide bonds. The van der Waals surface area contributed by atoms with Crippen molar-refractivity contribution >= 4 is 6.03 Å². The van der Waals surface area contributed by atoms with Gasteiger partial charge >= 0.3 is 6.03 Å². The van der Waals surface area contributed by atoms with E-state index in [-0.39, 0.29) is 17.8 Å². The number of benzene rings is 1. The minimum absolute atomic E-state index is 0.0584. The number of ether oxygens (including phenoxy) is 1. The van der Waals surface area contributed by atoms with E-state index in [9.17, 15) is 9.18 Å². The molecule has 1 N–H and O–H groups in total. The molecule has 0 aromatic heterocycles. The predicted octanol–water partition coefficient (Wildman–Crippen LogP) is 4.12. The number of rotatable bonds is 7. The second kappa shape index (κ2) is 7.66. The SMILES string of the molecule is COc1ccc(C(C)NC(=O)N(CCC(C)C)C2CC2)cc1F. The summed E-state index contributed by atoms with van der Waals surface area (Å²) < 4.78 is 18.7. The van der Waals surface area contributed by atoms with Crippen molar-refractivity contribution in [3.63, 3.8) is 0 Å². The zero-order valence-electron chi connectivity index (χ0n) is 14.4. The van der Waals surface area contributed by atoms with Crippen molar-refractivity contribution < 1.29 is 13.9 Å². The quantitative estimate of drug-likeness (QED) is 0.820. The highest BCUT2D eigenvalue weighted by Gasteiger charge is 2.32. The summed E-state index contributed by atoms with van der Waals surface area (Å²) in [4.78, 5) is 14.5. The van der Waals surface area contributed by atoms with Crippen molar-refractivity contribution in [3.8, 4) is 5.75 Å². The Hall–Kier alpha value is -1.78. The van der Waals surface area contributed by atoms with Gasteiger partial charge in [0.15, 0.2) is 11.6 Å². The van der Waals surface area contributed by atoms with Crippen LogP contribution in [0, 0.1) is 11.7 Å². The van der Waals surface area contributed by atoms with E-state index in [1.165, 1.54) is 13.2 Å². The second-order valence-corrected chi connectivity index (χ2v) is 6.67. The molecule has 4 nitrogen and oxygen atoms in total. The topological polar surface area (TPSA) is 41.6 Å². The Morgan fingerprint density at radius 1 is 1.39 bits per heavy atom. The molecule has 0 radical (unpaired) electrons. The maximum atomic E-state index is 13.8. The van der Waals surface area contributed by atoms with Gasteiger partial charge in [0, 0.05) is 12.6 Å². The Morgan fingerprint density at radius 2 is 2.09 bits per heavy atom. The Kier molecular flexibility index (Phi) is 5.85. The predicted molar refractivity (Wildman–Crippen MR) is 89.1 cm³/mol. The first-order valence-corrected chi connectivity index (χ1v) is 8.33. The van der Waals surface area contributed by atoms with E-state index in [0.717, 1.165) is 31.4 Å². The van der Waals surface area contributed by atoms with Gasteiger partial charge in [0.25, 0.3) is 0 Å². The molecule has 0 spiro atoms. The third-order valence-corrected chi connectivity index (χ3v) is 4.21. The lowest BCUT2D eigenvalue weighted by atomic mass is 10.1. The molecule has 0 heterocycles. The normalized spacial score (nSPS) is 15.4. The fourth-order valence-electron chi connectivity index (χ4n) is 2.54. The minimum Gasteiger partial charge on any atom is -0.494 e. The monoisotopic (exact) mass is 322 g/mol. The number of urea groups is 1. The largest absolute Gasteiger partial charge is 0.494 e. The van der Waals surface area contributed by atoms with Gasteiger partial charge in [0.05, 0.1) is 13.2 Å². The number of halogens is 1. The van der Waals surface area contributed by atoms with Gasteiger partial charge in [0.2, 0.25) is 0 Å². The van der Waals surface area contributed by atoms with Crippen LogP contribution in [0.4, 0.5) is 9.18 Å². The van der Waals surface area contributed by atoms with Gasteiger partial charge in [-0.05, 0) is 49.8 Å². The molecule has 1 unspecified atom stereocenters. The Labute approximate surface area is 138 Å². The summed E-state index contributed by atoms with van der Waals surface area (Å²) in [6, 6.07) is 4.85. The molecular formula is C18H27FN2O2. The zero-order chi connectivity index (χ0) is 17.0. The van der Waals surface area contributed by atoms with Crippen molar-refractivity contribution in [2.45, 2.75) is 52.1 Å². The number of carbonyl (C=O) groups is 1. The molecule has 1 saturated carbocycles. The Bertz CT molecular complexity index is 544. The molecular weight excluding hydrogens is 295 g/mol. The Balaban J connectivity index is 1.98. The molecule has 5 heteroatoms. The van der Waals surface area contributed by atoms with Crippen molar-refractivity contribution in [1.29, 1.82) is 0 Å². The molecule has 1 aliphatic rings. The van der Waals surface area contributed by atoms with E-state index >= 15 is 0 Å². The van der Waals surface area contributed by atoms with Gasteiger partial charge in [-0.15, -0.1) is 0 Å². The van der Waals surface area contributed by atoms with Crippen LogP contribution in [0.2, 0.25) is 0 Å². The highest BCUT2D eigenvalue weighted by molar-refractivity contribution is 5.75. The smallest absolute Gasteiger partial charge is 0.318 e. The van der Waals surface area contributed by atoms with Crippen LogP contribution >= 0.6 is 0 Å². The van der Waals surface area contributed by atoms with E-state index in [2.05, 4.69) is 19.2 Å². The molecule has 23 heavy (non-hydrogen) atoms. The first-order chi connectivity index (χ1) is 10.9. The fourth-order valence-corrected chi connectivity index (χ4v) is 2.54. The van der Waals surface area contributed by atoms with E-state index < -0.39 is 5.82 Å². The first kappa shape index (κ1) is 17.6. The van der Waals surface area contributed by atoms with Crippen LogP contribution in [0.15, 0.2) is 18.2 Å². The molecule has 1 aromatic rings. The average molecular weight is 322 g/mol. The first-order valence-electron chi connectivity index (χ1n) is 8.33. The highest BCUT2D eigenvalue weighted by atomic mass is 19.1. The van der Waals surface area contributed by atoms with Crippen LogP contribution in [0.1, 0.15) is 51.6 Å². The van der Waals surface area contributed by atoms with Gasteiger partial charge in [-0.25, -0.2) is 9.18 Å². The summed E-state index contributed by atoms with van der Waals surface area (Å²) >= 11 is 0. The number of nitrogens with one attached hydrogen (secondary N) is 1. The molecule has 1 aromatic carbocycles. The molecule has 1 fully saturated rings. The standard InChI is InChI=1S/C18H27FN2O2/c1-12(2)9-10-21(15-6-7-15)18(22)20-13(3)14-5-8-17(23-4)16(19)11-14/h5,8,11-13,15H,6-7,9-10H2,1-4H3,(H,20,22). The lowest BCUT2D eigenvalue weighted by molar-refractivity contribution is 0.188. The molecule has 0 bridgehead atoms. The van der Waals surface area contributed by atoms with Crippen molar-refractivity contribution in [1.82, 2.24) is 10.2 Å². The number of carbonyl (C=O) groups excluding carboxylic acids is 1. The van der Waals surface area contributed by atoms with Crippen LogP contribution in [-0.2, 0) is 0 Å². The summed E-state index contributed by atoms with van der Waals surface area (Å²) in [6.45, 7) is 6.96. The Morgan fingerprint density at radius 3 is 2.61 bits per heavy atom. The van der Waals surface area contributed by atoms with E-state index in [1.54, 1.807) is 12.1 Å². The van der Waals surface area contributed by atoms with E-state index in [1.807, 2.05) is 11.8 Å². The maximum absolute atomic E-state index is 13.8. The maximum Gasteiger partial charge on any atom is 0.318 e. The summed E-state index contributed by atoms with van der Waals surface area (Å²) in [6.07, 6.45) is 3.16. The van der Waals surface area contributed by atoms with Crippen LogP contribution in [0.3, 0.4) is 0 Å². The highest BCUT2D eigenvalue weighted by Crippen LogP contribution is 2.28. The number of hydrogen-bond acceptors (Lipinski definition) is 2. The van der Waals surface area contributed by atoms with E-state index in [4.69, 9.17) is 4.74 Å². The molecule has 2 rings (SSSR count). The van der Waals surface area contributed by atoms with E-state index in [0.29, 0.717) is 12.0 Å². The molecule has 0 aliphatic heterocycles. The molecule has 1 atom stereocenters. The van der Waals surface area contributed by atoms with Crippen LogP contribution in [0.25, 0.3) is 0 Å². The second-order valence-electron chi connectivity index (χ2n) is 6.67. The molecule has 128 valence electrons. The van der Waals surface area contributed by atoms with Gasteiger partial charge in [-0.3, -0.25) is 0 Å². The third kappa shape index (κ3) is 4.85. The lowest BCUT2D eigenvalue weighted by Crippen LogP contribution is -2.43. The number of nitrogens with zero attached hydrogens (tertiary/aromatic N) is 1.